The third-order valence-corrected chi connectivity index (χ3v) is 3.13. The van der Waals surface area contributed by atoms with E-state index in [1.54, 1.807) is 0 Å². The first-order valence-electron chi connectivity index (χ1n) is 5.71. The summed E-state index contributed by atoms with van der Waals surface area (Å²) in [6.07, 6.45) is 1.15. The lowest BCUT2D eigenvalue weighted by atomic mass is 10.0. The van der Waals surface area contributed by atoms with Gasteiger partial charge in [-0.3, -0.25) is 4.79 Å². The number of benzene rings is 1. The van der Waals surface area contributed by atoms with Gasteiger partial charge in [0.05, 0.1) is 6.10 Å². The number of likely N-dealkylation sites (tertiary alicyclic amines) is 1. The highest BCUT2D eigenvalue weighted by Crippen LogP contribution is 2.15. The van der Waals surface area contributed by atoms with Crippen LogP contribution in [-0.2, 0) is 0 Å². The van der Waals surface area contributed by atoms with Gasteiger partial charge >= 0.3 is 0 Å². The highest BCUT2D eigenvalue weighted by Gasteiger charge is 2.22. The molecule has 0 radical (unpaired) electrons. The normalized spacial score (nSPS) is 17.5. The topological polar surface area (TPSA) is 40.5 Å². The summed E-state index contributed by atoms with van der Waals surface area (Å²) in [7, 11) is 0. The minimum atomic E-state index is -0.235. The monoisotopic (exact) mass is 219 g/mol. The molecule has 0 aromatic heterocycles. The van der Waals surface area contributed by atoms with Gasteiger partial charge < -0.3 is 10.0 Å². The van der Waals surface area contributed by atoms with Crippen molar-refractivity contribution in [2.24, 2.45) is 0 Å². The third kappa shape index (κ3) is 2.25. The van der Waals surface area contributed by atoms with Crippen molar-refractivity contribution >= 4 is 5.91 Å². The van der Waals surface area contributed by atoms with Crippen molar-refractivity contribution in [1.29, 1.82) is 0 Å². The summed E-state index contributed by atoms with van der Waals surface area (Å²) in [5.74, 6) is 0.0880. The van der Waals surface area contributed by atoms with E-state index in [1.165, 1.54) is 0 Å². The fourth-order valence-electron chi connectivity index (χ4n) is 2.05. The van der Waals surface area contributed by atoms with E-state index in [9.17, 15) is 9.90 Å². The van der Waals surface area contributed by atoms with E-state index < -0.39 is 0 Å². The molecule has 2 rings (SSSR count). The summed E-state index contributed by atoms with van der Waals surface area (Å²) >= 11 is 0. The number of hydrogen-bond donors (Lipinski definition) is 1. The van der Waals surface area contributed by atoms with Crippen molar-refractivity contribution in [2.75, 3.05) is 13.1 Å². The molecular formula is C13H17NO2. The molecule has 0 saturated carbocycles. The van der Waals surface area contributed by atoms with Crippen molar-refractivity contribution in [2.45, 2.75) is 25.9 Å². The standard InChI is InChI=1S/C13H17NO2/c1-10-4-2-3-5-12(10)13(16)14-8-6-11(15)7-9-14/h2-5,11,15H,6-9H2,1H3. The fourth-order valence-corrected chi connectivity index (χ4v) is 2.05. The molecule has 0 bridgehead atoms. The van der Waals surface area contributed by atoms with Gasteiger partial charge in [0.2, 0.25) is 0 Å². The van der Waals surface area contributed by atoms with E-state index in [4.69, 9.17) is 0 Å². The largest absolute Gasteiger partial charge is 0.393 e. The van der Waals surface area contributed by atoms with Gasteiger partial charge in [-0.1, -0.05) is 18.2 Å². The second-order valence-electron chi connectivity index (χ2n) is 4.34. The molecule has 1 aromatic rings. The minimum absolute atomic E-state index is 0.0880. The maximum atomic E-state index is 12.2. The maximum absolute atomic E-state index is 12.2. The predicted octanol–water partition coefficient (Wildman–Crippen LogP) is 1.59. The SMILES string of the molecule is Cc1ccccc1C(=O)N1CCC(O)CC1. The third-order valence-electron chi connectivity index (χ3n) is 3.13. The van der Waals surface area contributed by atoms with Gasteiger partial charge in [0.1, 0.15) is 0 Å². The van der Waals surface area contributed by atoms with Crippen LogP contribution >= 0.6 is 0 Å². The van der Waals surface area contributed by atoms with Crippen LogP contribution in [0.1, 0.15) is 28.8 Å². The number of rotatable bonds is 1. The van der Waals surface area contributed by atoms with Crippen molar-refractivity contribution < 1.29 is 9.90 Å². The first-order valence-corrected chi connectivity index (χ1v) is 5.71. The lowest BCUT2D eigenvalue weighted by molar-refractivity contribution is 0.0546. The molecule has 1 fully saturated rings. The second-order valence-corrected chi connectivity index (χ2v) is 4.34. The molecule has 3 nitrogen and oxygen atoms in total. The Morgan fingerprint density at radius 1 is 1.31 bits per heavy atom. The number of aliphatic hydroxyl groups excluding tert-OH is 1. The Balaban J connectivity index is 2.11. The molecule has 1 N–H and O–H groups in total. The molecule has 0 aliphatic carbocycles. The summed E-state index contributed by atoms with van der Waals surface area (Å²) in [4.78, 5) is 14.0. The van der Waals surface area contributed by atoms with Gasteiger partial charge in [-0.25, -0.2) is 0 Å². The van der Waals surface area contributed by atoms with Crippen LogP contribution in [0, 0.1) is 6.92 Å². The zero-order valence-corrected chi connectivity index (χ0v) is 9.52. The molecule has 0 atom stereocenters. The highest BCUT2D eigenvalue weighted by molar-refractivity contribution is 5.95. The van der Waals surface area contributed by atoms with Gasteiger partial charge in [0, 0.05) is 18.7 Å². The number of nitrogens with zero attached hydrogens (tertiary/aromatic N) is 1. The zero-order valence-electron chi connectivity index (χ0n) is 9.52. The molecule has 1 aromatic carbocycles. The number of amides is 1. The number of carbonyl (C=O) groups excluding carboxylic acids is 1. The number of aryl methyl sites for hydroxylation is 1. The quantitative estimate of drug-likeness (QED) is 0.779. The van der Waals surface area contributed by atoms with Gasteiger partial charge in [-0.15, -0.1) is 0 Å². The van der Waals surface area contributed by atoms with Crippen LogP contribution in [0.3, 0.4) is 0 Å². The van der Waals surface area contributed by atoms with Crippen LogP contribution in [0.4, 0.5) is 0 Å². The van der Waals surface area contributed by atoms with Crippen molar-refractivity contribution in [3.8, 4) is 0 Å². The predicted molar refractivity (Wildman–Crippen MR) is 62.3 cm³/mol. The average molecular weight is 219 g/mol. The molecule has 86 valence electrons. The Hall–Kier alpha value is -1.35. The van der Waals surface area contributed by atoms with Crippen molar-refractivity contribution in [3.05, 3.63) is 35.4 Å². The van der Waals surface area contributed by atoms with Crippen LogP contribution in [0.15, 0.2) is 24.3 Å². The summed E-state index contributed by atoms with van der Waals surface area (Å²) in [5.41, 5.74) is 1.79. The minimum Gasteiger partial charge on any atom is -0.393 e. The van der Waals surface area contributed by atoms with Gasteiger partial charge in [-0.2, -0.15) is 0 Å². The van der Waals surface area contributed by atoms with E-state index in [2.05, 4.69) is 0 Å². The summed E-state index contributed by atoms with van der Waals surface area (Å²) in [5, 5.41) is 9.40. The number of carbonyl (C=O) groups is 1. The molecule has 1 aliphatic heterocycles. The van der Waals surface area contributed by atoms with Crippen molar-refractivity contribution in [1.82, 2.24) is 4.90 Å². The molecule has 1 heterocycles. The second kappa shape index (κ2) is 4.66. The molecular weight excluding hydrogens is 202 g/mol. The number of piperidine rings is 1. The first kappa shape index (κ1) is 11.1. The Kier molecular flexibility index (Phi) is 3.25. The molecule has 1 aliphatic rings. The van der Waals surface area contributed by atoms with Gasteiger partial charge in [0.25, 0.3) is 5.91 Å². The highest BCUT2D eigenvalue weighted by atomic mass is 16.3. The molecule has 16 heavy (non-hydrogen) atoms. The lowest BCUT2D eigenvalue weighted by Gasteiger charge is -2.30. The molecule has 1 saturated heterocycles. The summed E-state index contributed by atoms with van der Waals surface area (Å²) < 4.78 is 0. The summed E-state index contributed by atoms with van der Waals surface area (Å²) in [6.45, 7) is 3.27. The van der Waals surface area contributed by atoms with Crippen LogP contribution < -0.4 is 0 Å². The Labute approximate surface area is 95.7 Å². The Bertz CT molecular complexity index is 381. The van der Waals surface area contributed by atoms with Crippen LogP contribution in [0.5, 0.6) is 0 Å². The average Bonchev–Trinajstić information content (AvgIpc) is 2.30. The Morgan fingerprint density at radius 3 is 2.56 bits per heavy atom. The van der Waals surface area contributed by atoms with Crippen LogP contribution in [-0.4, -0.2) is 35.1 Å². The van der Waals surface area contributed by atoms with E-state index in [0.29, 0.717) is 25.9 Å². The van der Waals surface area contributed by atoms with Gasteiger partial charge in [0.15, 0.2) is 0 Å². The lowest BCUT2D eigenvalue weighted by Crippen LogP contribution is -2.40. The molecule has 0 unspecified atom stereocenters. The smallest absolute Gasteiger partial charge is 0.254 e. The molecule has 0 spiro atoms. The first-order chi connectivity index (χ1) is 7.68. The van der Waals surface area contributed by atoms with Gasteiger partial charge in [-0.05, 0) is 31.4 Å². The maximum Gasteiger partial charge on any atom is 0.254 e. The van der Waals surface area contributed by atoms with Crippen LogP contribution in [0.25, 0.3) is 0 Å². The number of aliphatic hydroxyl groups is 1. The summed E-state index contributed by atoms with van der Waals surface area (Å²) in [6, 6.07) is 7.64. The van der Waals surface area contributed by atoms with E-state index >= 15 is 0 Å². The van der Waals surface area contributed by atoms with E-state index in [-0.39, 0.29) is 12.0 Å². The molecule has 3 heteroatoms. The zero-order chi connectivity index (χ0) is 11.5. The Morgan fingerprint density at radius 2 is 1.94 bits per heavy atom. The van der Waals surface area contributed by atoms with Crippen molar-refractivity contribution in [3.63, 3.8) is 0 Å². The number of hydrogen-bond acceptors (Lipinski definition) is 2. The van der Waals surface area contributed by atoms with E-state index in [1.807, 2.05) is 36.1 Å². The molecule has 1 amide bonds. The fraction of sp³-hybridized carbons (Fsp3) is 0.462. The van der Waals surface area contributed by atoms with E-state index in [0.717, 1.165) is 11.1 Å². The van der Waals surface area contributed by atoms with Crippen LogP contribution in [0.2, 0.25) is 0 Å².